The molecule has 0 spiro atoms. The zero-order valence-corrected chi connectivity index (χ0v) is 18.0. The van der Waals surface area contributed by atoms with Crippen molar-refractivity contribution in [3.63, 3.8) is 0 Å². The number of ether oxygens (including phenoxy) is 2. The Hall–Kier alpha value is -1.06. The van der Waals surface area contributed by atoms with E-state index in [1.54, 1.807) is 0 Å². The zero-order valence-electron chi connectivity index (χ0n) is 18.0. The van der Waals surface area contributed by atoms with Gasteiger partial charge in [-0.2, -0.15) is 0 Å². The minimum atomic E-state index is -0.0400. The molecular formula is C24H40O4. The molecule has 0 saturated heterocycles. The fraction of sp³-hybridized carbons (Fsp3) is 0.917. The Labute approximate surface area is 171 Å². The van der Waals surface area contributed by atoms with E-state index in [9.17, 15) is 9.59 Å². The first-order valence-electron chi connectivity index (χ1n) is 11.8. The molecule has 0 aromatic rings. The van der Waals surface area contributed by atoms with Crippen molar-refractivity contribution in [2.45, 2.75) is 90.9 Å². The van der Waals surface area contributed by atoms with E-state index in [-0.39, 0.29) is 23.8 Å². The first-order chi connectivity index (χ1) is 13.5. The van der Waals surface area contributed by atoms with Crippen LogP contribution >= 0.6 is 0 Å². The summed E-state index contributed by atoms with van der Waals surface area (Å²) in [5.74, 6) is 2.62. The third-order valence-electron chi connectivity index (χ3n) is 7.59. The van der Waals surface area contributed by atoms with E-state index in [2.05, 4.69) is 13.8 Å². The molecule has 3 aliphatic rings. The Morgan fingerprint density at radius 3 is 1.21 bits per heavy atom. The van der Waals surface area contributed by atoms with E-state index >= 15 is 0 Å². The fourth-order valence-electron chi connectivity index (χ4n) is 5.19. The Kier molecular flexibility index (Phi) is 8.23. The van der Waals surface area contributed by atoms with Gasteiger partial charge < -0.3 is 9.47 Å². The topological polar surface area (TPSA) is 52.6 Å². The Morgan fingerprint density at radius 2 is 0.893 bits per heavy atom. The minimum Gasteiger partial charge on any atom is -0.465 e. The molecule has 0 radical (unpaired) electrons. The van der Waals surface area contributed by atoms with E-state index in [0.29, 0.717) is 25.0 Å². The highest BCUT2D eigenvalue weighted by Gasteiger charge is 2.32. The highest BCUT2D eigenvalue weighted by atomic mass is 16.5. The quantitative estimate of drug-likeness (QED) is 0.558. The summed E-state index contributed by atoms with van der Waals surface area (Å²) in [4.78, 5) is 24.8. The van der Waals surface area contributed by atoms with Crippen molar-refractivity contribution >= 4 is 11.9 Å². The second-order valence-electron chi connectivity index (χ2n) is 10.1. The number of esters is 2. The van der Waals surface area contributed by atoms with Gasteiger partial charge in [0.1, 0.15) is 0 Å². The van der Waals surface area contributed by atoms with Crippen molar-refractivity contribution in [2.24, 2.45) is 35.5 Å². The molecule has 3 saturated carbocycles. The van der Waals surface area contributed by atoms with Crippen LogP contribution in [0, 0.1) is 35.5 Å². The van der Waals surface area contributed by atoms with E-state index < -0.39 is 0 Å². The van der Waals surface area contributed by atoms with Crippen LogP contribution in [0.25, 0.3) is 0 Å². The van der Waals surface area contributed by atoms with Crippen LogP contribution in [0.15, 0.2) is 0 Å². The fourth-order valence-corrected chi connectivity index (χ4v) is 5.19. The third kappa shape index (κ3) is 6.49. The Balaban J connectivity index is 1.30. The predicted octanol–water partition coefficient (Wildman–Crippen LogP) is 5.53. The molecule has 3 aliphatic carbocycles. The summed E-state index contributed by atoms with van der Waals surface area (Å²) in [5.41, 5.74) is 0. The summed E-state index contributed by atoms with van der Waals surface area (Å²) in [6.07, 6.45) is 12.8. The van der Waals surface area contributed by atoms with Gasteiger partial charge in [-0.15, -0.1) is 0 Å². The van der Waals surface area contributed by atoms with E-state index in [0.717, 1.165) is 37.5 Å². The maximum Gasteiger partial charge on any atom is 0.308 e. The van der Waals surface area contributed by atoms with E-state index in [1.807, 2.05) is 0 Å². The molecule has 0 N–H and O–H groups in total. The highest BCUT2D eigenvalue weighted by Crippen LogP contribution is 2.33. The number of carbonyl (C=O) groups is 2. The highest BCUT2D eigenvalue weighted by molar-refractivity contribution is 5.75. The van der Waals surface area contributed by atoms with Crippen molar-refractivity contribution in [1.29, 1.82) is 0 Å². The molecule has 4 heteroatoms. The van der Waals surface area contributed by atoms with Gasteiger partial charge >= 0.3 is 11.9 Å². The van der Waals surface area contributed by atoms with Gasteiger partial charge in [-0.1, -0.05) is 39.5 Å². The van der Waals surface area contributed by atoms with Crippen molar-refractivity contribution in [2.75, 3.05) is 13.2 Å². The van der Waals surface area contributed by atoms with Crippen molar-refractivity contribution in [3.05, 3.63) is 0 Å². The Morgan fingerprint density at radius 1 is 0.571 bits per heavy atom. The zero-order chi connectivity index (χ0) is 19.9. The van der Waals surface area contributed by atoms with Gasteiger partial charge in [0.05, 0.1) is 25.0 Å². The minimum absolute atomic E-state index is 0.0219. The Bertz CT molecular complexity index is 447. The van der Waals surface area contributed by atoms with Gasteiger partial charge in [0.2, 0.25) is 0 Å². The lowest BCUT2D eigenvalue weighted by Crippen LogP contribution is -2.30. The van der Waals surface area contributed by atoms with Gasteiger partial charge in [0.15, 0.2) is 0 Å². The van der Waals surface area contributed by atoms with Gasteiger partial charge in [-0.25, -0.2) is 0 Å². The van der Waals surface area contributed by atoms with Crippen molar-refractivity contribution in [3.8, 4) is 0 Å². The molecule has 160 valence electrons. The average molecular weight is 393 g/mol. The summed E-state index contributed by atoms with van der Waals surface area (Å²) < 4.78 is 11.3. The lowest BCUT2D eigenvalue weighted by atomic mass is 9.81. The molecule has 0 unspecified atom stereocenters. The summed E-state index contributed by atoms with van der Waals surface area (Å²) in [5, 5.41) is 0. The number of rotatable bonds is 6. The van der Waals surface area contributed by atoms with Crippen LogP contribution < -0.4 is 0 Å². The maximum absolute atomic E-state index is 12.4. The third-order valence-corrected chi connectivity index (χ3v) is 7.59. The van der Waals surface area contributed by atoms with Crippen LogP contribution in [0.4, 0.5) is 0 Å². The molecule has 0 amide bonds. The lowest BCUT2D eigenvalue weighted by molar-refractivity contribution is -0.157. The molecule has 28 heavy (non-hydrogen) atoms. The van der Waals surface area contributed by atoms with Crippen LogP contribution in [0.3, 0.4) is 0 Å². The van der Waals surface area contributed by atoms with Gasteiger partial charge in [0, 0.05) is 0 Å². The first-order valence-corrected chi connectivity index (χ1v) is 11.8. The summed E-state index contributed by atoms with van der Waals surface area (Å²) in [6, 6.07) is 0. The van der Waals surface area contributed by atoms with Crippen LogP contribution in [0.1, 0.15) is 90.9 Å². The maximum atomic E-state index is 12.4. The summed E-state index contributed by atoms with van der Waals surface area (Å²) in [7, 11) is 0. The number of carbonyl (C=O) groups excluding carboxylic acids is 2. The molecule has 0 heterocycles. The largest absolute Gasteiger partial charge is 0.465 e. The van der Waals surface area contributed by atoms with Crippen molar-refractivity contribution in [1.82, 2.24) is 0 Å². The monoisotopic (exact) mass is 392 g/mol. The molecule has 3 fully saturated rings. The molecule has 0 aromatic heterocycles. The van der Waals surface area contributed by atoms with Gasteiger partial charge in [-0.3, -0.25) is 9.59 Å². The molecule has 0 bridgehead atoms. The second-order valence-corrected chi connectivity index (χ2v) is 10.1. The predicted molar refractivity (Wildman–Crippen MR) is 110 cm³/mol. The molecule has 0 aromatic carbocycles. The smallest absolute Gasteiger partial charge is 0.308 e. The molecule has 0 aliphatic heterocycles. The first kappa shape index (κ1) is 21.6. The summed E-state index contributed by atoms with van der Waals surface area (Å²) in [6.45, 7) is 5.80. The SMILES string of the molecule is CC1CCC(COC(=O)C2CCC(C(=O)OCC3CCC(C)CC3)CC2)CC1. The standard InChI is InChI=1S/C24H40O4/c1-17-3-7-19(8-4-17)15-27-23(25)21-11-13-22(14-12-21)24(26)28-16-20-9-5-18(2)6-10-20/h17-22H,3-16H2,1-2H3. The molecule has 3 rings (SSSR count). The van der Waals surface area contributed by atoms with Crippen LogP contribution in [0.5, 0.6) is 0 Å². The van der Waals surface area contributed by atoms with Crippen LogP contribution in [0.2, 0.25) is 0 Å². The van der Waals surface area contributed by atoms with E-state index in [4.69, 9.17) is 9.47 Å². The van der Waals surface area contributed by atoms with E-state index in [1.165, 1.54) is 51.4 Å². The van der Waals surface area contributed by atoms with Crippen molar-refractivity contribution < 1.29 is 19.1 Å². The average Bonchev–Trinajstić information content (AvgIpc) is 2.72. The summed E-state index contributed by atoms with van der Waals surface area (Å²) >= 11 is 0. The number of hydrogen-bond acceptors (Lipinski definition) is 4. The molecular weight excluding hydrogens is 352 g/mol. The molecule has 4 nitrogen and oxygen atoms in total. The van der Waals surface area contributed by atoms with Gasteiger partial charge in [-0.05, 0) is 75.0 Å². The van der Waals surface area contributed by atoms with Gasteiger partial charge in [0.25, 0.3) is 0 Å². The normalized spacial score (nSPS) is 36.5. The van der Waals surface area contributed by atoms with Crippen LogP contribution in [-0.2, 0) is 19.1 Å². The van der Waals surface area contributed by atoms with Crippen LogP contribution in [-0.4, -0.2) is 25.2 Å². The number of hydrogen-bond donors (Lipinski definition) is 0. The second kappa shape index (κ2) is 10.6. The molecule has 0 atom stereocenters. The lowest BCUT2D eigenvalue weighted by Gasteiger charge is -2.29.